The average molecular weight is 573 g/mol. The number of rotatable bonds is 8. The van der Waals surface area contributed by atoms with E-state index in [4.69, 9.17) is 0 Å². The van der Waals surface area contributed by atoms with Gasteiger partial charge in [0.15, 0.2) is 0 Å². The van der Waals surface area contributed by atoms with Gasteiger partial charge in [0.05, 0.1) is 36.2 Å². The van der Waals surface area contributed by atoms with E-state index in [1.54, 1.807) is 17.2 Å². The van der Waals surface area contributed by atoms with Crippen LogP contribution in [0.1, 0.15) is 36.8 Å². The van der Waals surface area contributed by atoms with Crippen LogP contribution < -0.4 is 15.5 Å². The van der Waals surface area contributed by atoms with Gasteiger partial charge in [-0.25, -0.2) is 19.7 Å². The minimum absolute atomic E-state index is 0.0282. The summed E-state index contributed by atoms with van der Waals surface area (Å²) in [5, 5.41) is 20.4. The summed E-state index contributed by atoms with van der Waals surface area (Å²) in [6.45, 7) is 0.454. The quantitative estimate of drug-likeness (QED) is 0.230. The molecule has 11 heteroatoms. The second kappa shape index (κ2) is 12.6. The molecule has 1 aliphatic rings. The summed E-state index contributed by atoms with van der Waals surface area (Å²) in [4.78, 5) is 31.6. The van der Waals surface area contributed by atoms with Crippen molar-refractivity contribution in [1.82, 2.24) is 35.0 Å². The zero-order valence-corrected chi connectivity index (χ0v) is 23.8. The highest BCUT2D eigenvalue weighted by Crippen LogP contribution is 2.31. The van der Waals surface area contributed by atoms with Crippen molar-refractivity contribution >= 4 is 17.7 Å². The molecule has 1 saturated carbocycles. The van der Waals surface area contributed by atoms with Crippen LogP contribution in [0.15, 0.2) is 85.7 Å². The first-order chi connectivity index (χ1) is 21.1. The number of nitrogens with zero attached hydrogens (tertiary/aromatic N) is 7. The van der Waals surface area contributed by atoms with Crippen molar-refractivity contribution in [2.75, 3.05) is 10.2 Å². The molecule has 216 valence electrons. The van der Waals surface area contributed by atoms with Crippen molar-refractivity contribution in [3.8, 4) is 28.6 Å². The summed E-state index contributed by atoms with van der Waals surface area (Å²) < 4.78 is 1.78. The Bertz CT molecular complexity index is 1700. The second-order valence-corrected chi connectivity index (χ2v) is 10.6. The Morgan fingerprint density at radius 3 is 2.51 bits per heavy atom. The third kappa shape index (κ3) is 6.38. The zero-order valence-electron chi connectivity index (χ0n) is 23.8. The van der Waals surface area contributed by atoms with E-state index >= 15 is 0 Å². The number of amides is 2. The van der Waals surface area contributed by atoms with Gasteiger partial charge in [0.2, 0.25) is 5.95 Å². The molecule has 3 N–H and O–H groups in total. The SMILES string of the molecule is Cn1cc(-c2ccc(N(C(=O)NCc3ccccc3)C3CCC(Nc4ncc(C#N)c(-c5cnc[nH]5)n4)CC3)cc2)cn1. The number of nitrogens with one attached hydrogen (secondary N) is 3. The van der Waals surface area contributed by atoms with Crippen LogP contribution in [0.3, 0.4) is 0 Å². The number of hydrogen-bond acceptors (Lipinski definition) is 7. The fraction of sp³-hybridized carbons (Fsp3) is 0.250. The highest BCUT2D eigenvalue weighted by molar-refractivity contribution is 5.93. The predicted octanol–water partition coefficient (Wildman–Crippen LogP) is 5.28. The van der Waals surface area contributed by atoms with Crippen LogP contribution in [0.25, 0.3) is 22.5 Å². The Morgan fingerprint density at radius 1 is 1.05 bits per heavy atom. The van der Waals surface area contributed by atoms with Crippen molar-refractivity contribution in [2.45, 2.75) is 44.3 Å². The summed E-state index contributed by atoms with van der Waals surface area (Å²) in [7, 11) is 1.90. The van der Waals surface area contributed by atoms with Gasteiger partial charge >= 0.3 is 6.03 Å². The molecule has 0 unspecified atom stereocenters. The van der Waals surface area contributed by atoms with E-state index in [0.29, 0.717) is 29.4 Å². The van der Waals surface area contributed by atoms with Crippen LogP contribution in [0, 0.1) is 11.3 Å². The van der Waals surface area contributed by atoms with Crippen LogP contribution >= 0.6 is 0 Å². The molecule has 0 bridgehead atoms. The third-order valence-electron chi connectivity index (χ3n) is 7.75. The molecule has 2 aromatic carbocycles. The summed E-state index contributed by atoms with van der Waals surface area (Å²) in [6, 6.07) is 20.2. The van der Waals surface area contributed by atoms with Gasteiger partial charge in [-0.2, -0.15) is 10.4 Å². The fourth-order valence-electron chi connectivity index (χ4n) is 5.52. The highest BCUT2D eigenvalue weighted by atomic mass is 16.2. The molecule has 0 aliphatic heterocycles. The fourth-order valence-corrected chi connectivity index (χ4v) is 5.52. The van der Waals surface area contributed by atoms with Crippen molar-refractivity contribution in [3.63, 3.8) is 0 Å². The van der Waals surface area contributed by atoms with Crippen molar-refractivity contribution in [2.24, 2.45) is 7.05 Å². The summed E-state index contributed by atoms with van der Waals surface area (Å²) in [5.74, 6) is 0.468. The number of aromatic nitrogens is 6. The second-order valence-electron chi connectivity index (χ2n) is 10.6. The van der Waals surface area contributed by atoms with E-state index in [1.165, 1.54) is 6.20 Å². The van der Waals surface area contributed by atoms with Crippen LogP contribution in [0.2, 0.25) is 0 Å². The maximum Gasteiger partial charge on any atom is 0.322 e. The summed E-state index contributed by atoms with van der Waals surface area (Å²) in [6.07, 6.45) is 11.8. The minimum atomic E-state index is -0.117. The maximum atomic E-state index is 13.7. The number of benzene rings is 2. The number of anilines is 2. The standard InChI is InChI=1S/C32H32N10O/c1-41-20-25(18-38-41)23-7-11-27(12-8-23)42(32(43)36-16-22-5-3-2-4-6-22)28-13-9-26(10-14-28)39-31-35-17-24(15-33)30(40-31)29-19-34-21-37-29/h2-8,11-12,17-21,26,28H,9-10,13-14,16H2,1H3,(H,34,37)(H,36,43)(H,35,39,40). The van der Waals surface area contributed by atoms with E-state index in [1.807, 2.05) is 78.9 Å². The zero-order chi connectivity index (χ0) is 29.6. The number of imidazole rings is 1. The number of urea groups is 1. The largest absolute Gasteiger partial charge is 0.351 e. The lowest BCUT2D eigenvalue weighted by Crippen LogP contribution is -2.48. The molecule has 0 saturated heterocycles. The number of hydrogen-bond donors (Lipinski definition) is 3. The topological polar surface area (TPSA) is 140 Å². The molecule has 6 rings (SSSR count). The molecule has 0 radical (unpaired) electrons. The van der Waals surface area contributed by atoms with Crippen LogP contribution in [0.4, 0.5) is 16.4 Å². The molecule has 0 spiro atoms. The van der Waals surface area contributed by atoms with Crippen molar-refractivity contribution in [3.05, 3.63) is 96.8 Å². The minimum Gasteiger partial charge on any atom is -0.351 e. The van der Waals surface area contributed by atoms with Gasteiger partial charge in [0, 0.05) is 43.1 Å². The molecule has 1 aliphatic carbocycles. The first kappa shape index (κ1) is 27.7. The van der Waals surface area contributed by atoms with E-state index in [9.17, 15) is 10.1 Å². The Morgan fingerprint density at radius 2 is 1.84 bits per heavy atom. The maximum absolute atomic E-state index is 13.7. The molecule has 3 aromatic heterocycles. The van der Waals surface area contributed by atoms with Crippen molar-refractivity contribution in [1.29, 1.82) is 5.26 Å². The number of carbonyl (C=O) groups excluding carboxylic acids is 1. The first-order valence-corrected chi connectivity index (χ1v) is 14.3. The molecule has 1 fully saturated rings. The Hall–Kier alpha value is -5.50. The summed E-state index contributed by atoms with van der Waals surface area (Å²) >= 11 is 0. The number of H-pyrrole nitrogens is 1. The Kier molecular flexibility index (Phi) is 8.08. The lowest BCUT2D eigenvalue weighted by molar-refractivity contribution is 0.240. The lowest BCUT2D eigenvalue weighted by Gasteiger charge is -2.37. The van der Waals surface area contributed by atoms with Gasteiger partial charge in [-0.1, -0.05) is 42.5 Å². The number of carbonyl (C=O) groups is 1. The number of aryl methyl sites for hydroxylation is 1. The summed E-state index contributed by atoms with van der Waals surface area (Å²) in [5.41, 5.74) is 5.54. The monoisotopic (exact) mass is 572 g/mol. The van der Waals surface area contributed by atoms with E-state index < -0.39 is 0 Å². The smallest absolute Gasteiger partial charge is 0.322 e. The van der Waals surface area contributed by atoms with Crippen molar-refractivity contribution < 1.29 is 4.79 Å². The van der Waals surface area contributed by atoms with Gasteiger partial charge in [-0.05, 0) is 48.9 Å². The number of nitriles is 1. The average Bonchev–Trinajstić information content (AvgIpc) is 3.74. The van der Waals surface area contributed by atoms with E-state index in [-0.39, 0.29) is 18.1 Å². The van der Waals surface area contributed by atoms with Crippen LogP contribution in [-0.2, 0) is 13.6 Å². The Balaban J connectivity index is 1.16. The van der Waals surface area contributed by atoms with E-state index in [2.05, 4.69) is 41.7 Å². The lowest BCUT2D eigenvalue weighted by atomic mass is 9.90. The predicted molar refractivity (Wildman–Crippen MR) is 164 cm³/mol. The van der Waals surface area contributed by atoms with Gasteiger partial charge in [0.25, 0.3) is 0 Å². The molecule has 2 amide bonds. The molecule has 3 heterocycles. The number of aromatic amines is 1. The Labute approximate surface area is 249 Å². The van der Waals surface area contributed by atoms with Gasteiger partial charge < -0.3 is 15.6 Å². The molecular formula is C32H32N10O. The van der Waals surface area contributed by atoms with Gasteiger partial charge in [-0.3, -0.25) is 9.58 Å². The first-order valence-electron chi connectivity index (χ1n) is 14.3. The van der Waals surface area contributed by atoms with Crippen LogP contribution in [-0.4, -0.2) is 47.8 Å². The van der Waals surface area contributed by atoms with Gasteiger partial charge in [-0.15, -0.1) is 0 Å². The molecular weight excluding hydrogens is 540 g/mol. The highest BCUT2D eigenvalue weighted by Gasteiger charge is 2.30. The molecule has 11 nitrogen and oxygen atoms in total. The molecule has 0 atom stereocenters. The van der Waals surface area contributed by atoms with Crippen LogP contribution in [0.5, 0.6) is 0 Å². The molecule has 5 aromatic rings. The molecule has 43 heavy (non-hydrogen) atoms. The van der Waals surface area contributed by atoms with E-state index in [0.717, 1.165) is 48.1 Å². The third-order valence-corrected chi connectivity index (χ3v) is 7.75. The van der Waals surface area contributed by atoms with Gasteiger partial charge in [0.1, 0.15) is 11.8 Å². The normalized spacial score (nSPS) is 16.3.